The summed E-state index contributed by atoms with van der Waals surface area (Å²) < 4.78 is 61.2. The molecule has 0 amide bonds. The van der Waals surface area contributed by atoms with Crippen LogP contribution in [0.15, 0.2) is 29.6 Å². The molecule has 0 aliphatic heterocycles. The van der Waals surface area contributed by atoms with Crippen molar-refractivity contribution >= 4 is 27.0 Å². The molecule has 0 N–H and O–H groups in total. The monoisotopic (exact) mass is 392 g/mol. The lowest BCUT2D eigenvalue weighted by molar-refractivity contribution is -0.137. The van der Waals surface area contributed by atoms with Crippen LogP contribution in [-0.2, 0) is 27.2 Å². The fraction of sp³-hybridized carbons (Fsp3) is 0.400. The number of sulfone groups is 1. The number of pyridine rings is 1. The van der Waals surface area contributed by atoms with Gasteiger partial charge >= 0.3 is 6.18 Å². The Morgan fingerprint density at radius 3 is 2.24 bits per heavy atom. The minimum Gasteiger partial charge on any atom is -0.297 e. The molecule has 0 unspecified atom stereocenters. The van der Waals surface area contributed by atoms with Crippen molar-refractivity contribution in [1.29, 1.82) is 0 Å². The Morgan fingerprint density at radius 2 is 1.80 bits per heavy atom. The van der Waals surface area contributed by atoms with Crippen molar-refractivity contribution in [2.24, 2.45) is 0 Å². The van der Waals surface area contributed by atoms with Crippen molar-refractivity contribution in [3.8, 4) is 0 Å². The van der Waals surface area contributed by atoms with Crippen LogP contribution in [0.5, 0.6) is 0 Å². The smallest absolute Gasteiger partial charge is 0.297 e. The van der Waals surface area contributed by atoms with Crippen molar-refractivity contribution in [2.45, 2.75) is 43.1 Å². The van der Waals surface area contributed by atoms with Crippen LogP contribution in [0, 0.1) is 6.92 Å². The number of Topliss-reactive ketones (excluding diaryl/α,β-unsaturated/α-hetero) is 1. The Morgan fingerprint density at radius 1 is 1.16 bits per heavy atom. The molecule has 2 heterocycles. The highest BCUT2D eigenvalue weighted by Crippen LogP contribution is 2.31. The summed E-state index contributed by atoms with van der Waals surface area (Å²) in [5, 5.41) is -0.0969. The largest absolute Gasteiger partial charge is 0.417 e. The molecule has 0 aromatic carbocycles. The van der Waals surface area contributed by atoms with Gasteiger partial charge in [0.1, 0.15) is 9.75 Å². The molecule has 0 atom stereocenters. The zero-order chi connectivity index (χ0) is 19.0. The molecule has 2 aromatic rings. The van der Waals surface area contributed by atoms with E-state index in [1.807, 2.05) is 0 Å². The number of halogens is 3. The van der Waals surface area contributed by atoms with Gasteiger partial charge in [0.25, 0.3) is 0 Å². The van der Waals surface area contributed by atoms with Gasteiger partial charge in [-0.05, 0) is 32.9 Å². The maximum atomic E-state index is 12.7. The number of nitrogens with zero attached hydrogens (tertiary/aromatic N) is 2. The second kappa shape index (κ2) is 6.49. The molecule has 25 heavy (non-hydrogen) atoms. The van der Waals surface area contributed by atoms with Gasteiger partial charge in [-0.2, -0.15) is 13.2 Å². The highest BCUT2D eigenvalue weighted by Gasteiger charge is 2.43. The molecule has 2 aromatic heterocycles. The van der Waals surface area contributed by atoms with Gasteiger partial charge in [0.05, 0.1) is 12.0 Å². The van der Waals surface area contributed by atoms with E-state index in [-0.39, 0.29) is 6.42 Å². The molecule has 0 saturated heterocycles. The Hall–Kier alpha value is -1.81. The average Bonchev–Trinajstić information content (AvgIpc) is 2.91. The van der Waals surface area contributed by atoms with Gasteiger partial charge in [0.15, 0.2) is 10.8 Å². The maximum absolute atomic E-state index is 12.7. The predicted molar refractivity (Wildman–Crippen MR) is 86.1 cm³/mol. The second-order valence-electron chi connectivity index (χ2n) is 5.86. The fourth-order valence-corrected chi connectivity index (χ4v) is 4.07. The van der Waals surface area contributed by atoms with E-state index >= 15 is 0 Å². The van der Waals surface area contributed by atoms with Gasteiger partial charge in [-0.3, -0.25) is 4.79 Å². The number of carbonyl (C=O) groups excluding carboxylic acids is 1. The lowest BCUT2D eigenvalue weighted by Gasteiger charge is -2.22. The third kappa shape index (κ3) is 3.90. The quantitative estimate of drug-likeness (QED) is 0.781. The summed E-state index contributed by atoms with van der Waals surface area (Å²) >= 11 is 1.28. The van der Waals surface area contributed by atoms with Gasteiger partial charge in [-0.15, -0.1) is 11.3 Å². The molecule has 0 radical (unpaired) electrons. The minimum atomic E-state index is -4.62. The number of hydrogen-bond acceptors (Lipinski definition) is 6. The molecule has 136 valence electrons. The van der Waals surface area contributed by atoms with Crippen molar-refractivity contribution in [1.82, 2.24) is 9.97 Å². The van der Waals surface area contributed by atoms with Crippen molar-refractivity contribution in [3.05, 3.63) is 40.0 Å². The molecular formula is C15H15F3N2O3S2. The van der Waals surface area contributed by atoms with Gasteiger partial charge < -0.3 is 0 Å². The summed E-state index contributed by atoms with van der Waals surface area (Å²) in [5.74, 6) is -0.608. The fourth-order valence-electron chi connectivity index (χ4n) is 1.95. The van der Waals surface area contributed by atoms with E-state index in [0.717, 1.165) is 10.9 Å². The molecule has 0 saturated carbocycles. The highest BCUT2D eigenvalue weighted by molar-refractivity contribution is 7.93. The van der Waals surface area contributed by atoms with Crippen LogP contribution >= 0.6 is 11.3 Å². The summed E-state index contributed by atoms with van der Waals surface area (Å²) in [5.41, 5.74) is -1.06. The average molecular weight is 392 g/mol. The molecule has 0 spiro atoms. The number of ketones is 1. The number of aromatic nitrogens is 2. The van der Waals surface area contributed by atoms with Crippen molar-refractivity contribution in [2.75, 3.05) is 0 Å². The van der Waals surface area contributed by atoms with E-state index < -0.39 is 37.1 Å². The normalized spacial score (nSPS) is 13.0. The first-order valence-corrected chi connectivity index (χ1v) is 9.38. The van der Waals surface area contributed by atoms with Crippen LogP contribution in [0.3, 0.4) is 0 Å². The number of rotatable bonds is 5. The Kier molecular flexibility index (Phi) is 5.06. The molecule has 2 rings (SSSR count). The standard InChI is InChI=1S/C15H15F3N2O3S2/c1-9-7-19-12(24-9)6-11(21)14(2,3)25(22,23)13-5-4-10(8-20-13)15(16,17)18/h4-5,7-8H,6H2,1-3H3. The third-order valence-electron chi connectivity index (χ3n) is 3.66. The van der Waals surface area contributed by atoms with E-state index in [1.165, 1.54) is 25.2 Å². The summed E-state index contributed by atoms with van der Waals surface area (Å²) in [4.78, 5) is 20.8. The van der Waals surface area contributed by atoms with Crippen molar-refractivity contribution in [3.63, 3.8) is 0 Å². The first-order valence-electron chi connectivity index (χ1n) is 7.08. The van der Waals surface area contributed by atoms with E-state index in [0.29, 0.717) is 17.3 Å². The summed E-state index contributed by atoms with van der Waals surface area (Å²) in [7, 11) is -4.26. The zero-order valence-electron chi connectivity index (χ0n) is 13.6. The molecule has 10 heteroatoms. The SMILES string of the molecule is Cc1cnc(CC(=O)C(C)(C)S(=O)(=O)c2ccc(C(F)(F)F)cn2)s1. The first kappa shape index (κ1) is 19.5. The summed E-state index contributed by atoms with van der Waals surface area (Å²) in [6.45, 7) is 4.23. The Bertz CT molecular complexity index is 885. The van der Waals surface area contributed by atoms with Crippen LogP contribution in [0.4, 0.5) is 13.2 Å². The topological polar surface area (TPSA) is 77.0 Å². The maximum Gasteiger partial charge on any atom is 0.417 e. The van der Waals surface area contributed by atoms with Crippen LogP contribution < -0.4 is 0 Å². The van der Waals surface area contributed by atoms with E-state index in [2.05, 4.69) is 9.97 Å². The molecule has 0 fully saturated rings. The van der Waals surface area contributed by atoms with Crippen LogP contribution in [0.25, 0.3) is 0 Å². The van der Waals surface area contributed by atoms with Crippen LogP contribution in [0.1, 0.15) is 29.3 Å². The third-order valence-corrected chi connectivity index (χ3v) is 6.94. The molecule has 0 aliphatic rings. The number of alkyl halides is 3. The number of hydrogen-bond donors (Lipinski definition) is 0. The number of aryl methyl sites for hydroxylation is 1. The lowest BCUT2D eigenvalue weighted by Crippen LogP contribution is -2.42. The Labute approximate surface area is 146 Å². The zero-order valence-corrected chi connectivity index (χ0v) is 15.2. The first-order chi connectivity index (χ1) is 11.4. The molecule has 5 nitrogen and oxygen atoms in total. The van der Waals surface area contributed by atoms with Crippen LogP contribution in [-0.4, -0.2) is 28.9 Å². The van der Waals surface area contributed by atoms with Gasteiger partial charge in [-0.1, -0.05) is 0 Å². The molecule has 0 bridgehead atoms. The summed E-state index contributed by atoms with van der Waals surface area (Å²) in [6.07, 6.45) is -2.78. The highest BCUT2D eigenvalue weighted by atomic mass is 32.2. The summed E-state index contributed by atoms with van der Waals surface area (Å²) in [6, 6.07) is 1.39. The number of thiazole rings is 1. The van der Waals surface area contributed by atoms with Crippen LogP contribution in [0.2, 0.25) is 0 Å². The second-order valence-corrected chi connectivity index (χ2v) is 9.63. The lowest BCUT2D eigenvalue weighted by atomic mass is 10.1. The Balaban J connectivity index is 2.31. The van der Waals surface area contributed by atoms with Gasteiger partial charge in [0, 0.05) is 17.3 Å². The van der Waals surface area contributed by atoms with E-state index in [1.54, 1.807) is 13.1 Å². The predicted octanol–water partition coefficient (Wildman–Crippen LogP) is 3.23. The van der Waals surface area contributed by atoms with E-state index in [9.17, 15) is 26.4 Å². The van der Waals surface area contributed by atoms with Gasteiger partial charge in [-0.25, -0.2) is 18.4 Å². The van der Waals surface area contributed by atoms with Crippen molar-refractivity contribution < 1.29 is 26.4 Å². The molecule has 0 aliphatic carbocycles. The number of carbonyl (C=O) groups is 1. The molecular weight excluding hydrogens is 377 g/mol. The minimum absolute atomic E-state index is 0.175. The van der Waals surface area contributed by atoms with E-state index in [4.69, 9.17) is 0 Å². The van der Waals surface area contributed by atoms with Gasteiger partial charge in [0.2, 0.25) is 9.84 Å².